The molecule has 0 aliphatic rings. The Hall–Kier alpha value is -2.89. The van der Waals surface area contributed by atoms with Crippen LogP contribution in [-0.2, 0) is 14.3 Å². The van der Waals surface area contributed by atoms with Crippen LogP contribution < -0.4 is 10.1 Å². The maximum absolute atomic E-state index is 13.4. The van der Waals surface area contributed by atoms with Crippen molar-refractivity contribution in [2.45, 2.75) is 13.0 Å². The van der Waals surface area contributed by atoms with Gasteiger partial charge < -0.3 is 14.8 Å². The second-order valence-corrected chi connectivity index (χ2v) is 4.71. The van der Waals surface area contributed by atoms with E-state index in [1.807, 2.05) is 6.07 Å². The third-order valence-corrected chi connectivity index (χ3v) is 2.88. The van der Waals surface area contributed by atoms with Gasteiger partial charge in [-0.15, -0.1) is 0 Å². The molecule has 0 saturated heterocycles. The van der Waals surface area contributed by atoms with E-state index in [2.05, 4.69) is 5.32 Å². The first-order valence-electron chi connectivity index (χ1n) is 6.99. The normalized spacial score (nSPS) is 11.4. The molecule has 0 spiro atoms. The van der Waals surface area contributed by atoms with Crippen LogP contribution in [0.4, 0.5) is 10.1 Å². The Bertz CT molecular complexity index is 675. The molecule has 120 valence electrons. The molecule has 0 aliphatic heterocycles. The number of carbonyl (C=O) groups is 2. The van der Waals surface area contributed by atoms with E-state index in [0.717, 1.165) is 0 Å². The van der Waals surface area contributed by atoms with E-state index < -0.39 is 30.4 Å². The number of carbonyl (C=O) groups excluding carboxylic acids is 2. The number of hydrogen-bond acceptors (Lipinski definition) is 4. The third kappa shape index (κ3) is 5.10. The first kappa shape index (κ1) is 16.5. The van der Waals surface area contributed by atoms with Crippen molar-refractivity contribution in [1.82, 2.24) is 0 Å². The van der Waals surface area contributed by atoms with Gasteiger partial charge in [-0.3, -0.25) is 4.79 Å². The van der Waals surface area contributed by atoms with Crippen molar-refractivity contribution >= 4 is 17.6 Å². The van der Waals surface area contributed by atoms with Gasteiger partial charge in [0.2, 0.25) is 0 Å². The van der Waals surface area contributed by atoms with Gasteiger partial charge in [-0.25, -0.2) is 9.18 Å². The summed E-state index contributed by atoms with van der Waals surface area (Å²) < 4.78 is 23.6. The minimum Gasteiger partial charge on any atom is -0.479 e. The summed E-state index contributed by atoms with van der Waals surface area (Å²) in [6.45, 7) is 1.000. The molecule has 0 bridgehead atoms. The van der Waals surface area contributed by atoms with E-state index in [-0.39, 0.29) is 5.69 Å². The Morgan fingerprint density at radius 3 is 2.43 bits per heavy atom. The molecule has 2 aromatic carbocycles. The highest BCUT2D eigenvalue weighted by atomic mass is 19.1. The van der Waals surface area contributed by atoms with Gasteiger partial charge in [0.25, 0.3) is 5.91 Å². The second kappa shape index (κ2) is 7.93. The van der Waals surface area contributed by atoms with Gasteiger partial charge in [-0.05, 0) is 31.2 Å². The number of hydrogen-bond donors (Lipinski definition) is 1. The molecule has 5 nitrogen and oxygen atoms in total. The molecular weight excluding hydrogens is 301 g/mol. The quantitative estimate of drug-likeness (QED) is 0.832. The molecule has 6 heteroatoms. The average Bonchev–Trinajstić information content (AvgIpc) is 2.55. The zero-order chi connectivity index (χ0) is 16.7. The standard InChI is InChI=1S/C17H16FNO4/c1-12(23-13-7-3-2-4-8-13)17(21)22-11-16(20)19-15-10-6-5-9-14(15)18/h2-10,12H,11H2,1H3,(H,19,20)/t12-/m1/s1. The summed E-state index contributed by atoms with van der Waals surface area (Å²) in [5.74, 6) is -1.35. The molecule has 0 fully saturated rings. The van der Waals surface area contributed by atoms with Crippen LogP contribution in [0, 0.1) is 5.82 Å². The molecule has 2 rings (SSSR count). The topological polar surface area (TPSA) is 64.6 Å². The molecule has 1 amide bonds. The molecule has 0 aromatic heterocycles. The fourth-order valence-electron chi connectivity index (χ4n) is 1.75. The molecule has 0 heterocycles. The van der Waals surface area contributed by atoms with Gasteiger partial charge in [0.1, 0.15) is 11.6 Å². The van der Waals surface area contributed by atoms with Crippen LogP contribution in [0.1, 0.15) is 6.92 Å². The zero-order valence-electron chi connectivity index (χ0n) is 12.5. The lowest BCUT2D eigenvalue weighted by atomic mass is 10.3. The van der Waals surface area contributed by atoms with Gasteiger partial charge >= 0.3 is 5.97 Å². The minimum absolute atomic E-state index is 0.0298. The molecule has 0 aliphatic carbocycles. The first-order valence-corrected chi connectivity index (χ1v) is 6.99. The Balaban J connectivity index is 1.79. The van der Waals surface area contributed by atoms with Gasteiger partial charge in [-0.2, -0.15) is 0 Å². The maximum Gasteiger partial charge on any atom is 0.347 e. The van der Waals surface area contributed by atoms with E-state index in [0.29, 0.717) is 5.75 Å². The summed E-state index contributed by atoms with van der Waals surface area (Å²) in [6, 6.07) is 14.5. The monoisotopic (exact) mass is 317 g/mol. The molecule has 0 radical (unpaired) electrons. The van der Waals surface area contributed by atoms with Gasteiger partial charge in [-0.1, -0.05) is 30.3 Å². The number of anilines is 1. The SMILES string of the molecule is C[C@@H](Oc1ccccc1)C(=O)OCC(=O)Nc1ccccc1F. The highest BCUT2D eigenvalue weighted by Gasteiger charge is 2.18. The lowest BCUT2D eigenvalue weighted by Crippen LogP contribution is -2.29. The van der Waals surface area contributed by atoms with E-state index in [1.54, 1.807) is 30.3 Å². The summed E-state index contributed by atoms with van der Waals surface area (Å²) in [5.41, 5.74) is 0.0298. The predicted octanol–water partition coefficient (Wildman–Crippen LogP) is 2.77. The number of benzene rings is 2. The molecule has 2 aromatic rings. The number of para-hydroxylation sites is 2. The Labute approximate surface area is 133 Å². The van der Waals surface area contributed by atoms with Crippen LogP contribution in [0.3, 0.4) is 0 Å². The van der Waals surface area contributed by atoms with E-state index in [1.165, 1.54) is 25.1 Å². The number of nitrogens with one attached hydrogen (secondary N) is 1. The van der Waals surface area contributed by atoms with E-state index in [9.17, 15) is 14.0 Å². The number of rotatable bonds is 6. The summed E-state index contributed by atoms with van der Waals surface area (Å²) in [4.78, 5) is 23.4. The lowest BCUT2D eigenvalue weighted by molar-refractivity contribution is -0.153. The molecule has 23 heavy (non-hydrogen) atoms. The third-order valence-electron chi connectivity index (χ3n) is 2.88. The predicted molar refractivity (Wildman–Crippen MR) is 82.5 cm³/mol. The van der Waals surface area contributed by atoms with Crippen molar-refractivity contribution < 1.29 is 23.5 Å². The lowest BCUT2D eigenvalue weighted by Gasteiger charge is -2.14. The summed E-state index contributed by atoms with van der Waals surface area (Å²) in [7, 11) is 0. The van der Waals surface area contributed by atoms with Crippen molar-refractivity contribution in [3.05, 3.63) is 60.4 Å². The van der Waals surface area contributed by atoms with Crippen molar-refractivity contribution in [3.8, 4) is 5.75 Å². The van der Waals surface area contributed by atoms with Crippen LogP contribution in [0.25, 0.3) is 0 Å². The molecule has 1 N–H and O–H groups in total. The number of esters is 1. The van der Waals surface area contributed by atoms with Crippen molar-refractivity contribution in [1.29, 1.82) is 0 Å². The molecule has 0 saturated carbocycles. The number of halogens is 1. The maximum atomic E-state index is 13.4. The van der Waals surface area contributed by atoms with Crippen LogP contribution in [-0.4, -0.2) is 24.6 Å². The van der Waals surface area contributed by atoms with Crippen molar-refractivity contribution in [2.75, 3.05) is 11.9 Å². The minimum atomic E-state index is -0.862. The smallest absolute Gasteiger partial charge is 0.347 e. The molecular formula is C17H16FNO4. The van der Waals surface area contributed by atoms with Gasteiger partial charge in [0.05, 0.1) is 5.69 Å². The highest BCUT2D eigenvalue weighted by molar-refractivity contribution is 5.93. The average molecular weight is 317 g/mol. The van der Waals surface area contributed by atoms with E-state index in [4.69, 9.17) is 9.47 Å². The number of ether oxygens (including phenoxy) is 2. The zero-order valence-corrected chi connectivity index (χ0v) is 12.5. The van der Waals surface area contributed by atoms with Crippen LogP contribution in [0.15, 0.2) is 54.6 Å². The Kier molecular flexibility index (Phi) is 5.68. The van der Waals surface area contributed by atoms with Crippen LogP contribution in [0.2, 0.25) is 0 Å². The Morgan fingerprint density at radius 1 is 1.09 bits per heavy atom. The fraction of sp³-hybridized carbons (Fsp3) is 0.176. The van der Waals surface area contributed by atoms with E-state index >= 15 is 0 Å². The van der Waals surface area contributed by atoms with Gasteiger partial charge in [0, 0.05) is 0 Å². The van der Waals surface area contributed by atoms with Crippen LogP contribution >= 0.6 is 0 Å². The van der Waals surface area contributed by atoms with Crippen molar-refractivity contribution in [3.63, 3.8) is 0 Å². The summed E-state index contributed by atoms with van der Waals surface area (Å²) in [5, 5.41) is 2.32. The largest absolute Gasteiger partial charge is 0.479 e. The van der Waals surface area contributed by atoms with Crippen molar-refractivity contribution in [2.24, 2.45) is 0 Å². The summed E-state index contributed by atoms with van der Waals surface area (Å²) in [6.07, 6.45) is -0.862. The second-order valence-electron chi connectivity index (χ2n) is 4.71. The molecule has 0 unspecified atom stereocenters. The van der Waals surface area contributed by atoms with Gasteiger partial charge in [0.15, 0.2) is 12.7 Å². The Morgan fingerprint density at radius 2 is 1.74 bits per heavy atom. The molecule has 1 atom stereocenters. The highest BCUT2D eigenvalue weighted by Crippen LogP contribution is 2.13. The number of amides is 1. The summed E-state index contributed by atoms with van der Waals surface area (Å²) >= 11 is 0. The first-order chi connectivity index (χ1) is 11.1. The van der Waals surface area contributed by atoms with Crippen LogP contribution in [0.5, 0.6) is 5.75 Å². The fourth-order valence-corrected chi connectivity index (χ4v) is 1.75.